The molecule has 156 valence electrons. The summed E-state index contributed by atoms with van der Waals surface area (Å²) in [6.07, 6.45) is 7.01. The van der Waals surface area contributed by atoms with Gasteiger partial charge in [-0.05, 0) is 36.6 Å². The molecule has 0 bridgehead atoms. The van der Waals surface area contributed by atoms with Crippen molar-refractivity contribution in [2.24, 2.45) is 0 Å². The molecule has 2 heterocycles. The summed E-state index contributed by atoms with van der Waals surface area (Å²) in [4.78, 5) is 9.31. The number of pyridine rings is 1. The second-order valence-electron chi connectivity index (χ2n) is 7.85. The van der Waals surface area contributed by atoms with E-state index in [1.807, 2.05) is 6.07 Å². The van der Waals surface area contributed by atoms with Crippen LogP contribution in [0.3, 0.4) is 0 Å². The van der Waals surface area contributed by atoms with Crippen LogP contribution in [0.2, 0.25) is 5.02 Å². The highest BCUT2D eigenvalue weighted by Gasteiger charge is 2.26. The number of piperazine rings is 1. The van der Waals surface area contributed by atoms with E-state index in [1.165, 1.54) is 25.7 Å². The van der Waals surface area contributed by atoms with E-state index in [4.69, 9.17) is 11.6 Å². The fraction of sp³-hybridized carbons (Fsp3) is 0.476. The van der Waals surface area contributed by atoms with Crippen LogP contribution in [0.25, 0.3) is 0 Å². The van der Waals surface area contributed by atoms with Gasteiger partial charge in [0.05, 0.1) is 11.4 Å². The van der Waals surface area contributed by atoms with E-state index in [0.29, 0.717) is 16.3 Å². The minimum Gasteiger partial charge on any atom is -0.354 e. The zero-order chi connectivity index (χ0) is 20.3. The van der Waals surface area contributed by atoms with Crippen LogP contribution in [-0.4, -0.2) is 50.5 Å². The summed E-state index contributed by atoms with van der Waals surface area (Å²) < 4.78 is 27.8. The second kappa shape index (κ2) is 8.90. The Kier molecular flexibility index (Phi) is 6.27. The van der Waals surface area contributed by atoms with Gasteiger partial charge < -0.3 is 4.90 Å². The quantitative estimate of drug-likeness (QED) is 0.750. The van der Waals surface area contributed by atoms with E-state index < -0.39 is 10.0 Å². The van der Waals surface area contributed by atoms with Gasteiger partial charge in [-0.3, -0.25) is 9.62 Å². The van der Waals surface area contributed by atoms with Gasteiger partial charge in [-0.2, -0.15) is 0 Å². The summed E-state index contributed by atoms with van der Waals surface area (Å²) in [5, 5.41) is 0.589. The lowest BCUT2D eigenvalue weighted by Gasteiger charge is -2.38. The first-order chi connectivity index (χ1) is 14.0. The summed E-state index contributed by atoms with van der Waals surface area (Å²) in [5.74, 6) is 0.727. The molecule has 0 radical (unpaired) electrons. The Bertz CT molecular complexity index is 922. The number of benzene rings is 1. The largest absolute Gasteiger partial charge is 0.354 e. The molecular formula is C21H27ClN4O2S. The van der Waals surface area contributed by atoms with Crippen molar-refractivity contribution in [3.05, 3.63) is 53.2 Å². The highest BCUT2D eigenvalue weighted by molar-refractivity contribution is 7.91. The maximum atomic E-state index is 12.5. The van der Waals surface area contributed by atoms with Gasteiger partial charge in [0, 0.05) is 49.5 Å². The zero-order valence-corrected chi connectivity index (χ0v) is 18.0. The molecule has 0 atom stereocenters. The van der Waals surface area contributed by atoms with Crippen molar-refractivity contribution < 1.29 is 8.42 Å². The lowest BCUT2D eigenvalue weighted by atomic mass is 10.2. The molecule has 8 heteroatoms. The molecule has 2 fully saturated rings. The minimum absolute atomic E-state index is 0.0953. The van der Waals surface area contributed by atoms with Gasteiger partial charge in [-0.25, -0.2) is 13.4 Å². The van der Waals surface area contributed by atoms with Crippen molar-refractivity contribution in [1.29, 1.82) is 0 Å². The number of anilines is 2. The molecule has 1 aliphatic heterocycles. The van der Waals surface area contributed by atoms with Gasteiger partial charge in [-0.15, -0.1) is 0 Å². The van der Waals surface area contributed by atoms with E-state index in [9.17, 15) is 8.42 Å². The molecule has 1 N–H and O–H groups in total. The summed E-state index contributed by atoms with van der Waals surface area (Å²) in [6, 6.07) is 11.1. The first-order valence-corrected chi connectivity index (χ1v) is 12.2. The molecule has 1 aromatic heterocycles. The van der Waals surface area contributed by atoms with Crippen molar-refractivity contribution in [1.82, 2.24) is 9.88 Å². The molecular weight excluding hydrogens is 408 g/mol. The smallest absolute Gasteiger partial charge is 0.236 e. The summed E-state index contributed by atoms with van der Waals surface area (Å²) in [6.45, 7) is 3.92. The first kappa shape index (κ1) is 20.4. The van der Waals surface area contributed by atoms with Crippen LogP contribution in [0.5, 0.6) is 0 Å². The fourth-order valence-electron chi connectivity index (χ4n) is 4.26. The van der Waals surface area contributed by atoms with E-state index in [-0.39, 0.29) is 5.75 Å². The fourth-order valence-corrected chi connectivity index (χ4v) is 5.57. The summed E-state index contributed by atoms with van der Waals surface area (Å²) in [7, 11) is -3.52. The summed E-state index contributed by atoms with van der Waals surface area (Å²) in [5.41, 5.74) is 1.24. The van der Waals surface area contributed by atoms with Crippen LogP contribution in [0, 0.1) is 0 Å². The van der Waals surface area contributed by atoms with Crippen molar-refractivity contribution in [2.75, 3.05) is 35.8 Å². The molecule has 1 saturated heterocycles. The third-order valence-electron chi connectivity index (χ3n) is 5.77. The molecule has 6 nitrogen and oxygen atoms in total. The van der Waals surface area contributed by atoms with Crippen LogP contribution in [0.15, 0.2) is 42.6 Å². The Hall–Kier alpha value is -1.83. The van der Waals surface area contributed by atoms with Crippen LogP contribution in [-0.2, 0) is 15.8 Å². The van der Waals surface area contributed by atoms with Crippen molar-refractivity contribution in [3.8, 4) is 0 Å². The molecule has 0 spiro atoms. The molecule has 2 aromatic rings. The first-order valence-electron chi connectivity index (χ1n) is 10.2. The number of halogens is 1. The molecule has 1 aromatic carbocycles. The molecule has 4 rings (SSSR count). The number of hydrogen-bond acceptors (Lipinski definition) is 5. The van der Waals surface area contributed by atoms with E-state index >= 15 is 0 Å². The Balaban J connectivity index is 1.37. The highest BCUT2D eigenvalue weighted by atomic mass is 35.5. The number of hydrogen-bond donors (Lipinski definition) is 1. The predicted molar refractivity (Wildman–Crippen MR) is 118 cm³/mol. The Morgan fingerprint density at radius 2 is 1.72 bits per heavy atom. The van der Waals surface area contributed by atoms with Crippen molar-refractivity contribution in [3.63, 3.8) is 0 Å². The predicted octanol–water partition coefficient (Wildman–Crippen LogP) is 3.74. The monoisotopic (exact) mass is 434 g/mol. The summed E-state index contributed by atoms with van der Waals surface area (Å²) >= 11 is 5.87. The third kappa shape index (κ3) is 5.41. The van der Waals surface area contributed by atoms with E-state index in [1.54, 1.807) is 36.5 Å². The van der Waals surface area contributed by atoms with Crippen LogP contribution >= 0.6 is 11.6 Å². The van der Waals surface area contributed by atoms with Gasteiger partial charge in [0.15, 0.2) is 0 Å². The van der Waals surface area contributed by atoms with Gasteiger partial charge in [0.1, 0.15) is 5.82 Å². The standard InChI is InChI=1S/C21H27ClN4O2S/c22-18-7-5-17(6-8-18)16-29(27,28)24-19-9-10-23-21(15-19)26-13-11-25(12-14-26)20-3-1-2-4-20/h5-10,15,20H,1-4,11-14,16H2,(H,23,24). The number of sulfonamides is 1. The van der Waals surface area contributed by atoms with Gasteiger partial charge in [0.25, 0.3) is 0 Å². The molecule has 29 heavy (non-hydrogen) atoms. The second-order valence-corrected chi connectivity index (χ2v) is 10.0. The van der Waals surface area contributed by atoms with E-state index in [2.05, 4.69) is 19.5 Å². The third-order valence-corrected chi connectivity index (χ3v) is 7.28. The Labute approximate surface area is 177 Å². The maximum Gasteiger partial charge on any atom is 0.236 e. The Morgan fingerprint density at radius 1 is 1.03 bits per heavy atom. The lowest BCUT2D eigenvalue weighted by Crippen LogP contribution is -2.50. The van der Waals surface area contributed by atoms with Crippen LogP contribution < -0.4 is 9.62 Å². The van der Waals surface area contributed by atoms with Gasteiger partial charge in [0.2, 0.25) is 10.0 Å². The molecule has 0 unspecified atom stereocenters. The maximum absolute atomic E-state index is 12.5. The molecule has 1 saturated carbocycles. The molecule has 1 aliphatic carbocycles. The van der Waals surface area contributed by atoms with E-state index in [0.717, 1.165) is 38.0 Å². The number of nitrogens with one attached hydrogen (secondary N) is 1. The molecule has 0 amide bonds. The number of nitrogens with zero attached hydrogens (tertiary/aromatic N) is 3. The lowest BCUT2D eigenvalue weighted by molar-refractivity contribution is 0.187. The minimum atomic E-state index is -3.52. The number of aromatic nitrogens is 1. The zero-order valence-electron chi connectivity index (χ0n) is 16.4. The molecule has 2 aliphatic rings. The van der Waals surface area contributed by atoms with Crippen molar-refractivity contribution in [2.45, 2.75) is 37.5 Å². The topological polar surface area (TPSA) is 65.5 Å². The van der Waals surface area contributed by atoms with Crippen LogP contribution in [0.4, 0.5) is 11.5 Å². The Morgan fingerprint density at radius 3 is 2.41 bits per heavy atom. The van der Waals surface area contributed by atoms with Gasteiger partial charge in [-0.1, -0.05) is 36.6 Å². The highest BCUT2D eigenvalue weighted by Crippen LogP contribution is 2.26. The van der Waals surface area contributed by atoms with Crippen molar-refractivity contribution >= 4 is 33.1 Å². The van der Waals surface area contributed by atoms with Crippen LogP contribution in [0.1, 0.15) is 31.2 Å². The van der Waals surface area contributed by atoms with Gasteiger partial charge >= 0.3 is 0 Å². The number of rotatable bonds is 6. The average molecular weight is 435 g/mol. The normalized spacial score (nSPS) is 18.9. The SMILES string of the molecule is O=S(=O)(Cc1ccc(Cl)cc1)Nc1ccnc(N2CCN(C3CCCC3)CC2)c1. The average Bonchev–Trinajstić information content (AvgIpc) is 3.24.